The van der Waals surface area contributed by atoms with E-state index in [-0.39, 0.29) is 0 Å². The van der Waals surface area contributed by atoms with Crippen molar-refractivity contribution in [3.8, 4) is 0 Å². The summed E-state index contributed by atoms with van der Waals surface area (Å²) in [5.41, 5.74) is 2.41. The third kappa shape index (κ3) is 2.39. The number of rotatable bonds is 3. The first-order valence-electron chi connectivity index (χ1n) is 4.90. The summed E-state index contributed by atoms with van der Waals surface area (Å²) >= 11 is 2.25. The summed E-state index contributed by atoms with van der Waals surface area (Å²) in [6.07, 6.45) is 6.02. The lowest BCUT2D eigenvalue weighted by atomic mass is 10.3. The minimum absolute atomic E-state index is 0.795. The van der Waals surface area contributed by atoms with Crippen molar-refractivity contribution >= 4 is 22.6 Å². The first-order chi connectivity index (χ1) is 7.19. The van der Waals surface area contributed by atoms with E-state index in [2.05, 4.69) is 59.0 Å². The van der Waals surface area contributed by atoms with E-state index in [0.717, 1.165) is 16.8 Å². The average Bonchev–Trinajstić information content (AvgIpc) is 2.76. The number of halogens is 1. The van der Waals surface area contributed by atoms with E-state index in [1.165, 1.54) is 11.1 Å². The third-order valence-corrected chi connectivity index (χ3v) is 3.31. The van der Waals surface area contributed by atoms with Crippen molar-refractivity contribution in [2.45, 2.75) is 26.9 Å². The van der Waals surface area contributed by atoms with Gasteiger partial charge >= 0.3 is 0 Å². The van der Waals surface area contributed by atoms with Crippen molar-refractivity contribution < 1.29 is 0 Å². The Balaban J connectivity index is 2.14. The molecule has 0 bridgehead atoms. The van der Waals surface area contributed by atoms with Gasteiger partial charge in [0.2, 0.25) is 0 Å². The zero-order valence-corrected chi connectivity index (χ0v) is 11.0. The predicted octanol–water partition coefficient (Wildman–Crippen LogP) is 2.06. The SMILES string of the molecule is CCn1cc(Cn2cc(C)c(I)n2)cn1. The Kier molecular flexibility index (Phi) is 3.08. The number of aryl methyl sites for hydroxylation is 2. The van der Waals surface area contributed by atoms with Crippen LogP contribution in [0.1, 0.15) is 18.1 Å². The highest BCUT2D eigenvalue weighted by molar-refractivity contribution is 14.1. The van der Waals surface area contributed by atoms with E-state index >= 15 is 0 Å². The molecule has 0 aliphatic rings. The topological polar surface area (TPSA) is 35.6 Å². The van der Waals surface area contributed by atoms with E-state index in [4.69, 9.17) is 0 Å². The van der Waals surface area contributed by atoms with Crippen molar-refractivity contribution in [1.82, 2.24) is 19.6 Å². The van der Waals surface area contributed by atoms with Crippen molar-refractivity contribution in [2.75, 3.05) is 0 Å². The lowest BCUT2D eigenvalue weighted by molar-refractivity contribution is 0.654. The molecule has 0 saturated carbocycles. The van der Waals surface area contributed by atoms with E-state index in [9.17, 15) is 0 Å². The van der Waals surface area contributed by atoms with Crippen molar-refractivity contribution in [3.05, 3.63) is 33.4 Å². The van der Waals surface area contributed by atoms with E-state index in [1.54, 1.807) is 0 Å². The molecule has 0 atom stereocenters. The first kappa shape index (κ1) is 10.7. The summed E-state index contributed by atoms with van der Waals surface area (Å²) in [5, 5.41) is 8.64. The van der Waals surface area contributed by atoms with Crippen LogP contribution in [-0.2, 0) is 13.1 Å². The van der Waals surface area contributed by atoms with Crippen LogP contribution in [-0.4, -0.2) is 19.6 Å². The van der Waals surface area contributed by atoms with Gasteiger partial charge in [0.1, 0.15) is 3.70 Å². The summed E-state index contributed by atoms with van der Waals surface area (Å²) < 4.78 is 4.95. The molecule has 2 rings (SSSR count). The fourth-order valence-corrected chi connectivity index (χ4v) is 1.84. The Morgan fingerprint density at radius 3 is 2.67 bits per heavy atom. The summed E-state index contributed by atoms with van der Waals surface area (Å²) in [6.45, 7) is 5.86. The number of nitrogens with zero attached hydrogens (tertiary/aromatic N) is 4. The van der Waals surface area contributed by atoms with E-state index in [0.29, 0.717) is 0 Å². The zero-order valence-electron chi connectivity index (χ0n) is 8.81. The molecule has 0 aliphatic carbocycles. The van der Waals surface area contributed by atoms with Gasteiger partial charge in [-0.1, -0.05) is 0 Å². The molecule has 4 nitrogen and oxygen atoms in total. The monoisotopic (exact) mass is 316 g/mol. The molecule has 2 aromatic rings. The van der Waals surface area contributed by atoms with Gasteiger partial charge < -0.3 is 0 Å². The van der Waals surface area contributed by atoms with Gasteiger partial charge in [-0.05, 0) is 36.4 Å². The molecule has 0 fully saturated rings. The smallest absolute Gasteiger partial charge is 0.126 e. The van der Waals surface area contributed by atoms with Gasteiger partial charge in [0.25, 0.3) is 0 Å². The molecule has 0 unspecified atom stereocenters. The first-order valence-corrected chi connectivity index (χ1v) is 5.98. The van der Waals surface area contributed by atoms with Crippen LogP contribution >= 0.6 is 22.6 Å². The second-order valence-corrected chi connectivity index (χ2v) is 4.53. The Hall–Kier alpha value is -0.850. The lowest BCUT2D eigenvalue weighted by Crippen LogP contribution is -1.99. The molecule has 0 spiro atoms. The maximum absolute atomic E-state index is 4.41. The quantitative estimate of drug-likeness (QED) is 0.813. The minimum Gasteiger partial charge on any atom is -0.273 e. The fourth-order valence-electron chi connectivity index (χ4n) is 1.43. The molecule has 0 aromatic carbocycles. The largest absolute Gasteiger partial charge is 0.273 e. The summed E-state index contributed by atoms with van der Waals surface area (Å²) in [7, 11) is 0. The molecule has 2 heterocycles. The normalized spacial score (nSPS) is 10.9. The predicted molar refractivity (Wildman–Crippen MR) is 66.7 cm³/mol. The van der Waals surface area contributed by atoms with Crippen molar-refractivity contribution in [2.24, 2.45) is 0 Å². The van der Waals surface area contributed by atoms with Crippen LogP contribution in [0.4, 0.5) is 0 Å². The second-order valence-electron chi connectivity index (χ2n) is 3.50. The third-order valence-electron chi connectivity index (χ3n) is 2.24. The molecule has 15 heavy (non-hydrogen) atoms. The van der Waals surface area contributed by atoms with Crippen LogP contribution in [0, 0.1) is 10.6 Å². The van der Waals surface area contributed by atoms with Crippen LogP contribution in [0.2, 0.25) is 0 Å². The zero-order chi connectivity index (χ0) is 10.8. The van der Waals surface area contributed by atoms with Gasteiger partial charge in [-0.3, -0.25) is 9.36 Å². The second kappa shape index (κ2) is 4.34. The van der Waals surface area contributed by atoms with Crippen LogP contribution < -0.4 is 0 Å². The van der Waals surface area contributed by atoms with Crippen LogP contribution in [0.25, 0.3) is 0 Å². The molecule has 2 aromatic heterocycles. The molecule has 0 aliphatic heterocycles. The fraction of sp³-hybridized carbons (Fsp3) is 0.400. The van der Waals surface area contributed by atoms with Crippen LogP contribution in [0.3, 0.4) is 0 Å². The molecule has 0 radical (unpaired) electrons. The maximum atomic E-state index is 4.41. The molecule has 5 heteroatoms. The van der Waals surface area contributed by atoms with Gasteiger partial charge in [0, 0.05) is 30.1 Å². The van der Waals surface area contributed by atoms with Gasteiger partial charge in [-0.2, -0.15) is 10.2 Å². The lowest BCUT2D eigenvalue weighted by Gasteiger charge is -1.96. The van der Waals surface area contributed by atoms with Gasteiger partial charge in [0.05, 0.1) is 12.7 Å². The number of aromatic nitrogens is 4. The maximum Gasteiger partial charge on any atom is 0.126 e. The summed E-state index contributed by atoms with van der Waals surface area (Å²) in [4.78, 5) is 0. The molecular formula is C10H13IN4. The Morgan fingerprint density at radius 2 is 2.13 bits per heavy atom. The Bertz CT molecular complexity index is 438. The van der Waals surface area contributed by atoms with Gasteiger partial charge in [-0.25, -0.2) is 0 Å². The molecule has 80 valence electrons. The van der Waals surface area contributed by atoms with Crippen molar-refractivity contribution in [1.29, 1.82) is 0 Å². The Morgan fingerprint density at radius 1 is 1.33 bits per heavy atom. The number of hydrogen-bond donors (Lipinski definition) is 0. The Labute approximate surface area is 102 Å². The molecule has 0 N–H and O–H groups in total. The average molecular weight is 316 g/mol. The molecule has 0 amide bonds. The van der Waals surface area contributed by atoms with Crippen LogP contribution in [0.5, 0.6) is 0 Å². The standard InChI is InChI=1S/C10H13IN4/c1-3-14-6-9(4-12-14)7-15-5-8(2)10(11)13-15/h4-6H,3,7H2,1-2H3. The highest BCUT2D eigenvalue weighted by Gasteiger charge is 2.03. The summed E-state index contributed by atoms with van der Waals surface area (Å²) in [6, 6.07) is 0. The highest BCUT2D eigenvalue weighted by atomic mass is 127. The van der Waals surface area contributed by atoms with Crippen LogP contribution in [0.15, 0.2) is 18.6 Å². The molecule has 0 saturated heterocycles. The highest BCUT2D eigenvalue weighted by Crippen LogP contribution is 2.09. The van der Waals surface area contributed by atoms with Gasteiger partial charge in [0.15, 0.2) is 0 Å². The minimum atomic E-state index is 0.795. The number of hydrogen-bond acceptors (Lipinski definition) is 2. The summed E-state index contributed by atoms with van der Waals surface area (Å²) in [5.74, 6) is 0. The van der Waals surface area contributed by atoms with Crippen molar-refractivity contribution in [3.63, 3.8) is 0 Å². The van der Waals surface area contributed by atoms with E-state index in [1.807, 2.05) is 15.6 Å². The molecular weight excluding hydrogens is 303 g/mol. The van der Waals surface area contributed by atoms with Gasteiger partial charge in [-0.15, -0.1) is 0 Å². The van der Waals surface area contributed by atoms with E-state index < -0.39 is 0 Å².